The van der Waals surface area contributed by atoms with E-state index in [1.807, 2.05) is 0 Å². The van der Waals surface area contributed by atoms with Crippen molar-refractivity contribution >= 4 is 21.8 Å². The first-order valence-electron chi connectivity index (χ1n) is 6.48. The van der Waals surface area contributed by atoms with Crippen LogP contribution in [0.4, 0.5) is 0 Å². The van der Waals surface area contributed by atoms with Crippen LogP contribution in [0.1, 0.15) is 11.3 Å². The van der Waals surface area contributed by atoms with Crippen LogP contribution in [0.2, 0.25) is 0 Å². The van der Waals surface area contributed by atoms with E-state index in [1.54, 1.807) is 43.4 Å². The molecule has 0 aliphatic carbocycles. The van der Waals surface area contributed by atoms with Crippen LogP contribution < -0.4 is 5.73 Å². The first kappa shape index (κ1) is 15.6. The summed E-state index contributed by atoms with van der Waals surface area (Å²) < 4.78 is 6.00. The Morgan fingerprint density at radius 2 is 2.00 bits per heavy atom. The molecule has 0 spiro atoms. The minimum absolute atomic E-state index is 0.157. The van der Waals surface area contributed by atoms with Crippen LogP contribution in [0.5, 0.6) is 5.75 Å². The fraction of sp³-hybridized carbons (Fsp3) is 0.267. The fourth-order valence-electron chi connectivity index (χ4n) is 2.00. The van der Waals surface area contributed by atoms with Crippen LogP contribution in [0.15, 0.2) is 45.5 Å². The molecule has 2 rings (SSSR count). The number of furan rings is 1. The second-order valence-electron chi connectivity index (χ2n) is 4.88. The number of benzene rings is 1. The van der Waals surface area contributed by atoms with Crippen LogP contribution in [-0.4, -0.2) is 29.0 Å². The van der Waals surface area contributed by atoms with Gasteiger partial charge in [0.2, 0.25) is 5.91 Å². The third kappa shape index (κ3) is 4.34. The van der Waals surface area contributed by atoms with Crippen LogP contribution in [0.3, 0.4) is 0 Å². The zero-order valence-electron chi connectivity index (χ0n) is 11.6. The van der Waals surface area contributed by atoms with Crippen molar-refractivity contribution in [2.24, 2.45) is 5.73 Å². The van der Waals surface area contributed by atoms with Crippen molar-refractivity contribution in [1.82, 2.24) is 4.90 Å². The summed E-state index contributed by atoms with van der Waals surface area (Å²) in [6.07, 6.45) is 0.422. The number of phenols is 1. The number of nitrogens with two attached hydrogens (primary N) is 1. The lowest BCUT2D eigenvalue weighted by Crippen LogP contribution is -2.42. The summed E-state index contributed by atoms with van der Waals surface area (Å²) in [4.78, 5) is 13.8. The average Bonchev–Trinajstić information content (AvgIpc) is 2.85. The fourth-order valence-corrected chi connectivity index (χ4v) is 2.34. The van der Waals surface area contributed by atoms with Gasteiger partial charge in [-0.25, -0.2) is 0 Å². The summed E-state index contributed by atoms with van der Waals surface area (Å²) in [5.41, 5.74) is 6.86. The Balaban J connectivity index is 1.93. The molecule has 0 unspecified atom stereocenters. The van der Waals surface area contributed by atoms with Crippen LogP contribution >= 0.6 is 15.9 Å². The van der Waals surface area contributed by atoms with Gasteiger partial charge in [0.15, 0.2) is 4.67 Å². The molecule has 3 N–H and O–H groups in total. The Labute approximate surface area is 131 Å². The lowest BCUT2D eigenvalue weighted by Gasteiger charge is -2.20. The van der Waals surface area contributed by atoms with E-state index in [0.717, 1.165) is 5.56 Å². The predicted molar refractivity (Wildman–Crippen MR) is 82.7 cm³/mol. The highest BCUT2D eigenvalue weighted by Crippen LogP contribution is 2.16. The number of nitrogens with zero attached hydrogens (tertiary/aromatic N) is 1. The molecule has 1 heterocycles. The number of phenolic OH excluding ortho intramolecular Hbond substituents is 1. The smallest absolute Gasteiger partial charge is 0.239 e. The second-order valence-corrected chi connectivity index (χ2v) is 5.66. The number of rotatable bonds is 5. The highest BCUT2D eigenvalue weighted by atomic mass is 79.9. The molecule has 0 aliphatic rings. The zero-order valence-corrected chi connectivity index (χ0v) is 13.2. The standard InChI is InChI=1S/C15H17BrN2O3/c1-18(9-12-6-7-14(16)21-12)15(20)13(17)8-10-2-4-11(19)5-3-10/h2-7,13,19H,8-9,17H2,1H3/t13-/m0/s1. The van der Waals surface area contributed by atoms with E-state index in [0.29, 0.717) is 23.4 Å². The molecule has 1 aromatic heterocycles. The number of carbonyl (C=O) groups is 1. The molecule has 0 fully saturated rings. The molecule has 1 atom stereocenters. The average molecular weight is 353 g/mol. The van der Waals surface area contributed by atoms with Gasteiger partial charge < -0.3 is 20.2 Å². The van der Waals surface area contributed by atoms with Crippen LogP contribution in [0, 0.1) is 0 Å². The van der Waals surface area contributed by atoms with Crippen molar-refractivity contribution in [3.8, 4) is 5.75 Å². The monoisotopic (exact) mass is 352 g/mol. The first-order valence-corrected chi connectivity index (χ1v) is 7.27. The highest BCUT2D eigenvalue weighted by molar-refractivity contribution is 9.10. The van der Waals surface area contributed by atoms with E-state index in [9.17, 15) is 9.90 Å². The van der Waals surface area contributed by atoms with Gasteiger partial charge in [-0.1, -0.05) is 12.1 Å². The summed E-state index contributed by atoms with van der Waals surface area (Å²) >= 11 is 3.22. The highest BCUT2D eigenvalue weighted by Gasteiger charge is 2.19. The summed E-state index contributed by atoms with van der Waals surface area (Å²) in [5, 5.41) is 9.23. The molecule has 112 valence electrons. The lowest BCUT2D eigenvalue weighted by atomic mass is 10.1. The Hall–Kier alpha value is -1.79. The molecule has 2 aromatic rings. The van der Waals surface area contributed by atoms with Gasteiger partial charge in [-0.15, -0.1) is 0 Å². The third-order valence-corrected chi connectivity index (χ3v) is 3.53. The third-order valence-electron chi connectivity index (χ3n) is 3.11. The molecule has 0 aliphatic heterocycles. The van der Waals surface area contributed by atoms with Gasteiger partial charge >= 0.3 is 0 Å². The van der Waals surface area contributed by atoms with E-state index in [2.05, 4.69) is 15.9 Å². The maximum atomic E-state index is 12.2. The summed E-state index contributed by atoms with van der Waals surface area (Å²) in [7, 11) is 1.69. The van der Waals surface area contributed by atoms with Gasteiger partial charge in [-0.05, 0) is 52.2 Å². The van der Waals surface area contributed by atoms with Gasteiger partial charge in [0.25, 0.3) is 0 Å². The maximum Gasteiger partial charge on any atom is 0.239 e. The molecule has 0 saturated carbocycles. The van der Waals surface area contributed by atoms with Crippen molar-refractivity contribution in [1.29, 1.82) is 0 Å². The van der Waals surface area contributed by atoms with Gasteiger partial charge in [0.1, 0.15) is 11.5 Å². The number of aromatic hydroxyl groups is 1. The minimum atomic E-state index is -0.627. The van der Waals surface area contributed by atoms with Crippen molar-refractivity contribution in [2.45, 2.75) is 19.0 Å². The minimum Gasteiger partial charge on any atom is -0.508 e. The molecule has 21 heavy (non-hydrogen) atoms. The van der Waals surface area contributed by atoms with E-state index in [4.69, 9.17) is 10.2 Å². The number of halogens is 1. The maximum absolute atomic E-state index is 12.2. The number of amides is 1. The number of likely N-dealkylation sites (N-methyl/N-ethyl adjacent to an activating group) is 1. The predicted octanol–water partition coefficient (Wildman–Crippen LogP) is 2.28. The topological polar surface area (TPSA) is 79.7 Å². The Morgan fingerprint density at radius 3 is 2.57 bits per heavy atom. The molecule has 1 aromatic carbocycles. The van der Waals surface area contributed by atoms with E-state index in [1.165, 1.54) is 4.90 Å². The first-order chi connectivity index (χ1) is 9.95. The number of hydrogen-bond acceptors (Lipinski definition) is 4. The molecular formula is C15H17BrN2O3. The molecule has 6 heteroatoms. The normalized spacial score (nSPS) is 12.1. The van der Waals surface area contributed by atoms with Crippen molar-refractivity contribution in [3.63, 3.8) is 0 Å². The zero-order chi connectivity index (χ0) is 15.4. The Morgan fingerprint density at radius 1 is 1.33 bits per heavy atom. The van der Waals surface area contributed by atoms with E-state index in [-0.39, 0.29) is 11.7 Å². The van der Waals surface area contributed by atoms with Crippen molar-refractivity contribution < 1.29 is 14.3 Å². The van der Waals surface area contributed by atoms with E-state index < -0.39 is 6.04 Å². The molecule has 0 radical (unpaired) electrons. The molecular weight excluding hydrogens is 336 g/mol. The lowest BCUT2D eigenvalue weighted by molar-refractivity contribution is -0.132. The Bertz CT molecular complexity index is 610. The van der Waals surface area contributed by atoms with Gasteiger partial charge in [0, 0.05) is 7.05 Å². The van der Waals surface area contributed by atoms with Gasteiger partial charge in [-0.3, -0.25) is 4.79 Å². The number of carbonyl (C=O) groups excluding carboxylic acids is 1. The quantitative estimate of drug-likeness (QED) is 0.864. The molecule has 0 saturated heterocycles. The van der Waals surface area contributed by atoms with Crippen molar-refractivity contribution in [2.75, 3.05) is 7.05 Å². The molecule has 1 amide bonds. The SMILES string of the molecule is CN(Cc1ccc(Br)o1)C(=O)[C@@H](N)Cc1ccc(O)cc1. The van der Waals surface area contributed by atoms with Crippen molar-refractivity contribution in [3.05, 3.63) is 52.4 Å². The largest absolute Gasteiger partial charge is 0.508 e. The van der Waals surface area contributed by atoms with Gasteiger partial charge in [-0.2, -0.15) is 0 Å². The Kier molecular flexibility index (Phi) is 5.03. The van der Waals surface area contributed by atoms with Crippen LogP contribution in [-0.2, 0) is 17.8 Å². The van der Waals surface area contributed by atoms with Gasteiger partial charge in [0.05, 0.1) is 12.6 Å². The van der Waals surface area contributed by atoms with E-state index >= 15 is 0 Å². The second kappa shape index (κ2) is 6.78. The number of hydrogen-bond donors (Lipinski definition) is 2. The summed E-state index contributed by atoms with van der Waals surface area (Å²) in [6.45, 7) is 0.369. The summed E-state index contributed by atoms with van der Waals surface area (Å²) in [5.74, 6) is 0.726. The summed E-state index contributed by atoms with van der Waals surface area (Å²) in [6, 6.07) is 9.63. The van der Waals surface area contributed by atoms with Crippen LogP contribution in [0.25, 0.3) is 0 Å². The molecule has 5 nitrogen and oxygen atoms in total. The molecule has 0 bridgehead atoms.